The molecule has 0 amide bonds. The number of methoxy groups -OCH3 is 1. The predicted octanol–water partition coefficient (Wildman–Crippen LogP) is 2.81. The Bertz CT molecular complexity index is 660. The summed E-state index contributed by atoms with van der Waals surface area (Å²) < 4.78 is 5.16. The molecule has 0 aromatic heterocycles. The van der Waals surface area contributed by atoms with Gasteiger partial charge >= 0.3 is 0 Å². The second kappa shape index (κ2) is 9.44. The van der Waals surface area contributed by atoms with Crippen molar-refractivity contribution in [3.8, 4) is 5.75 Å². The number of aliphatic imine (C=N–C) groups is 2. The minimum absolute atomic E-state index is 0.0581. The molecule has 1 aliphatic rings. The van der Waals surface area contributed by atoms with Gasteiger partial charge in [0.2, 0.25) is 5.96 Å². The number of hydrogen-bond donors (Lipinski definition) is 2. The van der Waals surface area contributed by atoms with Gasteiger partial charge in [0, 0.05) is 13.1 Å². The molecule has 0 saturated carbocycles. The van der Waals surface area contributed by atoms with Crippen LogP contribution >= 0.6 is 11.6 Å². The van der Waals surface area contributed by atoms with Crippen LogP contribution in [0.2, 0.25) is 5.02 Å². The van der Waals surface area contributed by atoms with Crippen LogP contribution in [0.15, 0.2) is 40.1 Å². The van der Waals surface area contributed by atoms with Gasteiger partial charge in [0.05, 0.1) is 24.8 Å². The third-order valence-electron chi connectivity index (χ3n) is 4.17. The largest absolute Gasteiger partial charge is 0.495 e. The summed E-state index contributed by atoms with van der Waals surface area (Å²) in [7, 11) is 1.59. The summed E-state index contributed by atoms with van der Waals surface area (Å²) in [6.45, 7) is 7.02. The highest BCUT2D eigenvalue weighted by molar-refractivity contribution is 6.32. The summed E-state index contributed by atoms with van der Waals surface area (Å²) in [5, 5.41) is 13.3. The fourth-order valence-electron chi connectivity index (χ4n) is 2.81. The standard InChI is InChI=1S/C18H25ClN4O2/c1-4-17(21-11-13-7-8-16(25-3)15(19)10-13)22-18(20-2)23-9-5-6-14(23)12-24/h4,7-8,10,14,21,24H,2,5-6,9,11-12H2,1,3H3/b17-4-,22-18+/t14-/m0/s1. The lowest BCUT2D eigenvalue weighted by atomic mass is 10.2. The Morgan fingerprint density at radius 3 is 2.96 bits per heavy atom. The molecule has 1 aliphatic heterocycles. The maximum Gasteiger partial charge on any atom is 0.226 e. The van der Waals surface area contributed by atoms with Crippen LogP contribution in [-0.2, 0) is 6.54 Å². The highest BCUT2D eigenvalue weighted by Gasteiger charge is 2.26. The summed E-state index contributed by atoms with van der Waals surface area (Å²) in [5.74, 6) is 1.87. The number of halogens is 1. The minimum atomic E-state index is 0.0581. The molecule has 0 aliphatic carbocycles. The maximum absolute atomic E-state index is 9.48. The molecule has 1 saturated heterocycles. The Balaban J connectivity index is 2.06. The van der Waals surface area contributed by atoms with E-state index in [9.17, 15) is 5.11 Å². The van der Waals surface area contributed by atoms with Gasteiger partial charge in [0.1, 0.15) is 11.6 Å². The fourth-order valence-corrected chi connectivity index (χ4v) is 3.09. The Labute approximate surface area is 153 Å². The minimum Gasteiger partial charge on any atom is -0.495 e. The number of rotatable bonds is 6. The van der Waals surface area contributed by atoms with Crippen LogP contribution in [0.3, 0.4) is 0 Å². The number of benzene rings is 1. The zero-order chi connectivity index (χ0) is 18.2. The average Bonchev–Trinajstić information content (AvgIpc) is 3.10. The molecule has 1 heterocycles. The van der Waals surface area contributed by atoms with Gasteiger partial charge in [-0.1, -0.05) is 17.7 Å². The van der Waals surface area contributed by atoms with E-state index in [-0.39, 0.29) is 12.6 Å². The number of allylic oxidation sites excluding steroid dienone is 1. The van der Waals surface area contributed by atoms with E-state index in [1.54, 1.807) is 7.11 Å². The van der Waals surface area contributed by atoms with Gasteiger partial charge in [-0.05, 0) is 50.3 Å². The predicted molar refractivity (Wildman–Crippen MR) is 102 cm³/mol. The summed E-state index contributed by atoms with van der Waals surface area (Å²) in [6.07, 6.45) is 3.83. The van der Waals surface area contributed by atoms with Crippen molar-refractivity contribution in [2.45, 2.75) is 32.4 Å². The van der Waals surface area contributed by atoms with E-state index >= 15 is 0 Å². The first-order valence-electron chi connectivity index (χ1n) is 8.28. The average molecular weight is 365 g/mol. The number of nitrogens with one attached hydrogen (secondary N) is 1. The number of aliphatic hydroxyl groups is 1. The van der Waals surface area contributed by atoms with E-state index in [1.807, 2.05) is 36.1 Å². The first-order chi connectivity index (χ1) is 12.1. The molecule has 0 spiro atoms. The SMILES string of the molecule is C=N/C(=N\C(=C/C)NCc1ccc(OC)c(Cl)c1)N1CCC[C@H]1CO. The van der Waals surface area contributed by atoms with Crippen LogP contribution in [0.5, 0.6) is 5.75 Å². The third-order valence-corrected chi connectivity index (χ3v) is 4.47. The quantitative estimate of drug-likeness (QED) is 0.601. The molecule has 2 rings (SSSR count). The van der Waals surface area contributed by atoms with Gasteiger partial charge in [0.25, 0.3) is 0 Å². The summed E-state index contributed by atoms with van der Waals surface area (Å²) >= 11 is 6.16. The van der Waals surface area contributed by atoms with Crippen molar-refractivity contribution in [3.63, 3.8) is 0 Å². The first-order valence-corrected chi connectivity index (χ1v) is 8.66. The molecular weight excluding hydrogens is 340 g/mol. The third kappa shape index (κ3) is 4.96. The Hall–Kier alpha value is -2.05. The molecule has 1 aromatic carbocycles. The number of likely N-dealkylation sites (tertiary alicyclic amines) is 1. The van der Waals surface area contributed by atoms with Crippen LogP contribution < -0.4 is 10.1 Å². The molecular formula is C18H25ClN4O2. The van der Waals surface area contributed by atoms with E-state index in [0.29, 0.717) is 29.1 Å². The molecule has 6 nitrogen and oxygen atoms in total. The van der Waals surface area contributed by atoms with Crippen LogP contribution in [0.25, 0.3) is 0 Å². The normalized spacial score (nSPS) is 18.4. The van der Waals surface area contributed by atoms with Gasteiger partial charge in [-0.2, -0.15) is 4.99 Å². The van der Waals surface area contributed by atoms with E-state index in [2.05, 4.69) is 22.0 Å². The first kappa shape index (κ1) is 19.3. The van der Waals surface area contributed by atoms with Gasteiger partial charge in [-0.15, -0.1) is 0 Å². The van der Waals surface area contributed by atoms with Crippen molar-refractivity contribution in [3.05, 3.63) is 40.7 Å². The Morgan fingerprint density at radius 1 is 1.56 bits per heavy atom. The number of hydrogen-bond acceptors (Lipinski definition) is 4. The molecule has 0 radical (unpaired) electrons. The molecule has 1 aromatic rings. The van der Waals surface area contributed by atoms with Crippen molar-refractivity contribution in [1.82, 2.24) is 10.2 Å². The Kier molecular flexibility index (Phi) is 7.28. The lowest BCUT2D eigenvalue weighted by Crippen LogP contribution is -2.37. The Morgan fingerprint density at radius 2 is 2.36 bits per heavy atom. The van der Waals surface area contributed by atoms with Crippen molar-refractivity contribution < 1.29 is 9.84 Å². The number of guanidine groups is 1. The van der Waals surface area contributed by atoms with Gasteiger partial charge in [0.15, 0.2) is 0 Å². The second-order valence-electron chi connectivity index (χ2n) is 5.74. The summed E-state index contributed by atoms with van der Waals surface area (Å²) in [5.41, 5.74) is 1.02. The molecule has 1 fully saturated rings. The van der Waals surface area contributed by atoms with E-state index in [4.69, 9.17) is 16.3 Å². The smallest absolute Gasteiger partial charge is 0.226 e. The van der Waals surface area contributed by atoms with Crippen LogP contribution in [-0.4, -0.2) is 49.0 Å². The maximum atomic E-state index is 9.48. The monoisotopic (exact) mass is 364 g/mol. The van der Waals surface area contributed by atoms with Crippen molar-refractivity contribution >= 4 is 24.3 Å². The zero-order valence-electron chi connectivity index (χ0n) is 14.7. The van der Waals surface area contributed by atoms with E-state index in [1.165, 1.54) is 0 Å². The fraction of sp³-hybridized carbons (Fsp3) is 0.444. The van der Waals surface area contributed by atoms with Crippen molar-refractivity contribution in [2.75, 3.05) is 20.3 Å². The molecule has 2 N–H and O–H groups in total. The van der Waals surface area contributed by atoms with Gasteiger partial charge < -0.3 is 20.1 Å². The topological polar surface area (TPSA) is 69.5 Å². The molecule has 25 heavy (non-hydrogen) atoms. The second-order valence-corrected chi connectivity index (χ2v) is 6.15. The zero-order valence-corrected chi connectivity index (χ0v) is 15.5. The number of aliphatic hydroxyl groups excluding tert-OH is 1. The van der Waals surface area contributed by atoms with Crippen LogP contribution in [0, 0.1) is 0 Å². The van der Waals surface area contributed by atoms with E-state index < -0.39 is 0 Å². The summed E-state index contributed by atoms with van der Waals surface area (Å²) in [4.78, 5) is 10.6. The van der Waals surface area contributed by atoms with E-state index in [0.717, 1.165) is 24.9 Å². The lowest BCUT2D eigenvalue weighted by molar-refractivity contribution is 0.207. The number of ether oxygens (including phenoxy) is 1. The molecule has 136 valence electrons. The van der Waals surface area contributed by atoms with Crippen LogP contribution in [0.1, 0.15) is 25.3 Å². The van der Waals surface area contributed by atoms with Gasteiger partial charge in [-0.3, -0.25) is 0 Å². The summed E-state index contributed by atoms with van der Waals surface area (Å²) in [6, 6.07) is 5.70. The van der Waals surface area contributed by atoms with Crippen LogP contribution in [0.4, 0.5) is 0 Å². The van der Waals surface area contributed by atoms with Gasteiger partial charge in [-0.25, -0.2) is 4.99 Å². The molecule has 1 atom stereocenters. The highest BCUT2D eigenvalue weighted by atomic mass is 35.5. The molecule has 0 bridgehead atoms. The highest BCUT2D eigenvalue weighted by Crippen LogP contribution is 2.25. The van der Waals surface area contributed by atoms with Crippen molar-refractivity contribution in [2.24, 2.45) is 9.98 Å². The van der Waals surface area contributed by atoms with Crippen molar-refractivity contribution in [1.29, 1.82) is 0 Å². The lowest BCUT2D eigenvalue weighted by Gasteiger charge is -2.24. The molecule has 0 unspecified atom stereocenters. The number of nitrogens with zero attached hydrogens (tertiary/aromatic N) is 3. The molecule has 7 heteroatoms.